The standard InChI is InChI=1S/C10H7FN2O2/c1-6-8-4-7(11)2-3-9(8)12-5-10(6)13(14)15/h2-5H,1H3. The quantitative estimate of drug-likeness (QED) is 0.532. The molecular weight excluding hydrogens is 199 g/mol. The Bertz CT molecular complexity index is 554. The first kappa shape index (κ1) is 9.51. The molecule has 1 heterocycles. The largest absolute Gasteiger partial charge is 0.291 e. The average molecular weight is 206 g/mol. The maximum absolute atomic E-state index is 13.0. The Morgan fingerprint density at radius 3 is 2.87 bits per heavy atom. The highest BCUT2D eigenvalue weighted by Crippen LogP contribution is 2.25. The van der Waals surface area contributed by atoms with Crippen LogP contribution < -0.4 is 0 Å². The topological polar surface area (TPSA) is 56.0 Å². The summed E-state index contributed by atoms with van der Waals surface area (Å²) >= 11 is 0. The molecule has 0 aliphatic rings. The van der Waals surface area contributed by atoms with E-state index in [4.69, 9.17) is 0 Å². The Morgan fingerprint density at radius 2 is 2.20 bits per heavy atom. The van der Waals surface area contributed by atoms with Gasteiger partial charge in [-0.25, -0.2) is 9.37 Å². The molecule has 0 amide bonds. The molecule has 0 saturated carbocycles. The zero-order valence-corrected chi connectivity index (χ0v) is 7.90. The van der Waals surface area contributed by atoms with Crippen molar-refractivity contribution in [3.8, 4) is 0 Å². The van der Waals surface area contributed by atoms with Gasteiger partial charge >= 0.3 is 0 Å². The van der Waals surface area contributed by atoms with Crippen LogP contribution >= 0.6 is 0 Å². The van der Waals surface area contributed by atoms with Crippen LogP contribution in [0.15, 0.2) is 24.4 Å². The third-order valence-electron chi connectivity index (χ3n) is 2.27. The van der Waals surface area contributed by atoms with Crippen molar-refractivity contribution in [1.82, 2.24) is 4.98 Å². The molecule has 5 heteroatoms. The summed E-state index contributed by atoms with van der Waals surface area (Å²) in [6.07, 6.45) is 1.19. The van der Waals surface area contributed by atoms with E-state index in [0.29, 0.717) is 16.5 Å². The Kier molecular flexibility index (Phi) is 2.07. The number of benzene rings is 1. The third-order valence-corrected chi connectivity index (χ3v) is 2.27. The molecule has 0 N–H and O–H groups in total. The first-order valence-corrected chi connectivity index (χ1v) is 4.29. The van der Waals surface area contributed by atoms with Crippen LogP contribution in [0, 0.1) is 22.9 Å². The summed E-state index contributed by atoms with van der Waals surface area (Å²) in [5.41, 5.74) is 0.900. The number of hydrogen-bond donors (Lipinski definition) is 0. The Morgan fingerprint density at radius 1 is 1.47 bits per heavy atom. The average Bonchev–Trinajstić information content (AvgIpc) is 2.19. The first-order chi connectivity index (χ1) is 7.09. The maximum atomic E-state index is 13.0. The molecule has 2 aromatic rings. The van der Waals surface area contributed by atoms with Gasteiger partial charge in [0.2, 0.25) is 0 Å². The van der Waals surface area contributed by atoms with E-state index in [1.165, 1.54) is 24.4 Å². The smallest absolute Gasteiger partial charge is 0.258 e. The summed E-state index contributed by atoms with van der Waals surface area (Å²) < 4.78 is 13.0. The molecule has 0 aliphatic heterocycles. The Balaban J connectivity index is 2.82. The van der Waals surface area contributed by atoms with Gasteiger partial charge in [-0.2, -0.15) is 0 Å². The predicted octanol–water partition coefficient (Wildman–Crippen LogP) is 2.59. The van der Waals surface area contributed by atoms with E-state index < -0.39 is 10.7 Å². The van der Waals surface area contributed by atoms with Crippen LogP contribution in [0.25, 0.3) is 10.9 Å². The second-order valence-corrected chi connectivity index (χ2v) is 3.19. The molecule has 15 heavy (non-hydrogen) atoms. The van der Waals surface area contributed by atoms with Gasteiger partial charge < -0.3 is 0 Å². The van der Waals surface area contributed by atoms with Gasteiger partial charge in [-0.05, 0) is 25.1 Å². The fourth-order valence-corrected chi connectivity index (χ4v) is 1.47. The number of aryl methyl sites for hydroxylation is 1. The monoisotopic (exact) mass is 206 g/mol. The molecule has 0 unspecified atom stereocenters. The summed E-state index contributed by atoms with van der Waals surface area (Å²) in [4.78, 5) is 14.0. The number of halogens is 1. The van der Waals surface area contributed by atoms with E-state index in [1.54, 1.807) is 6.92 Å². The van der Waals surface area contributed by atoms with Gasteiger partial charge in [-0.15, -0.1) is 0 Å². The number of pyridine rings is 1. The number of rotatable bonds is 1. The molecule has 0 atom stereocenters. The predicted molar refractivity (Wildman–Crippen MR) is 53.1 cm³/mol. The number of nitro groups is 1. The molecule has 0 aliphatic carbocycles. The summed E-state index contributed by atoms with van der Waals surface area (Å²) in [6.45, 7) is 1.58. The number of hydrogen-bond acceptors (Lipinski definition) is 3. The highest BCUT2D eigenvalue weighted by atomic mass is 19.1. The molecule has 76 valence electrons. The molecule has 0 fully saturated rings. The molecule has 1 aromatic carbocycles. The molecule has 0 radical (unpaired) electrons. The fraction of sp³-hybridized carbons (Fsp3) is 0.100. The maximum Gasteiger partial charge on any atom is 0.291 e. The summed E-state index contributed by atoms with van der Waals surface area (Å²) in [6, 6.07) is 4.03. The highest BCUT2D eigenvalue weighted by molar-refractivity contribution is 5.84. The first-order valence-electron chi connectivity index (χ1n) is 4.29. The zero-order valence-electron chi connectivity index (χ0n) is 7.90. The minimum atomic E-state index is -0.521. The Hall–Kier alpha value is -2.04. The van der Waals surface area contributed by atoms with E-state index in [0.717, 1.165) is 0 Å². The lowest BCUT2D eigenvalue weighted by Crippen LogP contribution is -1.94. The van der Waals surface area contributed by atoms with Crippen molar-refractivity contribution in [2.45, 2.75) is 6.92 Å². The lowest BCUT2D eigenvalue weighted by molar-refractivity contribution is -0.385. The van der Waals surface area contributed by atoms with E-state index in [9.17, 15) is 14.5 Å². The van der Waals surface area contributed by atoms with Gasteiger partial charge in [0.15, 0.2) is 0 Å². The van der Waals surface area contributed by atoms with Crippen molar-refractivity contribution in [3.63, 3.8) is 0 Å². The summed E-state index contributed by atoms with van der Waals surface area (Å²) in [5, 5.41) is 11.1. The van der Waals surface area contributed by atoms with E-state index >= 15 is 0 Å². The van der Waals surface area contributed by atoms with E-state index in [-0.39, 0.29) is 5.69 Å². The van der Waals surface area contributed by atoms with Crippen LogP contribution in [-0.2, 0) is 0 Å². The van der Waals surface area contributed by atoms with E-state index in [2.05, 4.69) is 4.98 Å². The van der Waals surface area contributed by atoms with Crippen LogP contribution in [0.2, 0.25) is 0 Å². The van der Waals surface area contributed by atoms with Crippen LogP contribution in [0.3, 0.4) is 0 Å². The van der Waals surface area contributed by atoms with E-state index in [1.807, 2.05) is 0 Å². The van der Waals surface area contributed by atoms with Crippen molar-refractivity contribution < 1.29 is 9.31 Å². The number of nitrogens with zero attached hydrogens (tertiary/aromatic N) is 2. The van der Waals surface area contributed by atoms with Gasteiger partial charge in [0.25, 0.3) is 5.69 Å². The lowest BCUT2D eigenvalue weighted by Gasteiger charge is -2.01. The minimum Gasteiger partial charge on any atom is -0.258 e. The van der Waals surface area contributed by atoms with Gasteiger partial charge in [0.1, 0.15) is 12.0 Å². The van der Waals surface area contributed by atoms with Crippen molar-refractivity contribution in [2.75, 3.05) is 0 Å². The zero-order chi connectivity index (χ0) is 11.0. The molecule has 0 saturated heterocycles. The van der Waals surface area contributed by atoms with Crippen LogP contribution in [0.1, 0.15) is 5.56 Å². The van der Waals surface area contributed by atoms with Crippen molar-refractivity contribution in [2.24, 2.45) is 0 Å². The van der Waals surface area contributed by atoms with Crippen molar-refractivity contribution in [1.29, 1.82) is 0 Å². The van der Waals surface area contributed by atoms with Crippen LogP contribution in [0.4, 0.5) is 10.1 Å². The van der Waals surface area contributed by atoms with Gasteiger partial charge in [0, 0.05) is 10.9 Å². The van der Waals surface area contributed by atoms with Gasteiger partial charge in [-0.3, -0.25) is 10.1 Å². The van der Waals surface area contributed by atoms with Gasteiger partial charge in [0.05, 0.1) is 10.4 Å². The number of aromatic nitrogens is 1. The van der Waals surface area contributed by atoms with Crippen LogP contribution in [-0.4, -0.2) is 9.91 Å². The van der Waals surface area contributed by atoms with Crippen molar-refractivity contribution in [3.05, 3.63) is 45.9 Å². The molecule has 1 aromatic heterocycles. The SMILES string of the molecule is Cc1c([N+](=O)[O-])cnc2ccc(F)cc12. The Labute approximate surface area is 84.5 Å². The van der Waals surface area contributed by atoms with Gasteiger partial charge in [-0.1, -0.05) is 0 Å². The molecular formula is C10H7FN2O2. The normalized spacial score (nSPS) is 10.5. The second kappa shape index (κ2) is 3.27. The fourth-order valence-electron chi connectivity index (χ4n) is 1.47. The third kappa shape index (κ3) is 1.52. The number of fused-ring (bicyclic) bond motifs is 1. The lowest BCUT2D eigenvalue weighted by atomic mass is 10.1. The van der Waals surface area contributed by atoms with Crippen molar-refractivity contribution >= 4 is 16.6 Å². The molecule has 4 nitrogen and oxygen atoms in total. The highest BCUT2D eigenvalue weighted by Gasteiger charge is 2.14. The molecule has 0 spiro atoms. The second-order valence-electron chi connectivity index (χ2n) is 3.19. The minimum absolute atomic E-state index is 0.0897. The summed E-state index contributed by atoms with van der Waals surface area (Å²) in [7, 11) is 0. The van der Waals surface area contributed by atoms with Crippen LogP contribution in [0.5, 0.6) is 0 Å². The molecule has 0 bridgehead atoms. The summed E-state index contributed by atoms with van der Waals surface area (Å²) in [5.74, 6) is -0.423. The molecule has 2 rings (SSSR count).